The van der Waals surface area contributed by atoms with Crippen LogP contribution in [0.5, 0.6) is 0 Å². The third-order valence-corrected chi connectivity index (χ3v) is 10.5. The normalized spacial score (nSPS) is 23.0. The van der Waals surface area contributed by atoms with Crippen LogP contribution in [0.4, 0.5) is 0 Å². The average Bonchev–Trinajstić information content (AvgIpc) is 2.91. The lowest BCUT2D eigenvalue weighted by molar-refractivity contribution is 0.0498. The van der Waals surface area contributed by atoms with Crippen LogP contribution in [0.15, 0.2) is 30.3 Å². The van der Waals surface area contributed by atoms with Gasteiger partial charge < -0.3 is 9.16 Å². The molecule has 0 aromatic heterocycles. The standard InChI is InChI=1S/C18H30O2SSi/c1-18(2,3)22(4,5)19-13-16-11-12-17(20-16)21-14-15-9-7-6-8-10-15/h6-10,16-17H,11-14H2,1-5H3/t16-,17-/m0/s1. The van der Waals surface area contributed by atoms with Crippen LogP contribution in [0.3, 0.4) is 0 Å². The predicted octanol–water partition coefficient (Wildman–Crippen LogP) is 5.45. The van der Waals surface area contributed by atoms with Gasteiger partial charge in [-0.15, -0.1) is 11.8 Å². The molecule has 0 amide bonds. The van der Waals surface area contributed by atoms with Gasteiger partial charge in [-0.2, -0.15) is 0 Å². The Balaban J connectivity index is 1.72. The molecule has 22 heavy (non-hydrogen) atoms. The van der Waals surface area contributed by atoms with E-state index in [4.69, 9.17) is 9.16 Å². The first-order valence-electron chi connectivity index (χ1n) is 8.23. The highest BCUT2D eigenvalue weighted by molar-refractivity contribution is 7.99. The van der Waals surface area contributed by atoms with E-state index in [1.54, 1.807) is 0 Å². The molecule has 0 bridgehead atoms. The van der Waals surface area contributed by atoms with Crippen LogP contribution in [-0.2, 0) is 14.9 Å². The van der Waals surface area contributed by atoms with E-state index in [1.165, 1.54) is 5.56 Å². The van der Waals surface area contributed by atoms with E-state index in [2.05, 4.69) is 64.2 Å². The van der Waals surface area contributed by atoms with Crippen LogP contribution in [0, 0.1) is 0 Å². The summed E-state index contributed by atoms with van der Waals surface area (Å²) in [4.78, 5) is 0. The summed E-state index contributed by atoms with van der Waals surface area (Å²) < 4.78 is 12.4. The summed E-state index contributed by atoms with van der Waals surface area (Å²) in [5, 5.41) is 0.271. The monoisotopic (exact) mass is 338 g/mol. The Hall–Kier alpha value is -0.293. The number of thioether (sulfide) groups is 1. The zero-order valence-electron chi connectivity index (χ0n) is 14.6. The fourth-order valence-electron chi connectivity index (χ4n) is 2.20. The van der Waals surface area contributed by atoms with Crippen LogP contribution < -0.4 is 0 Å². The Kier molecular flexibility index (Phi) is 6.17. The summed E-state index contributed by atoms with van der Waals surface area (Å²) in [5.41, 5.74) is 1.70. The lowest BCUT2D eigenvalue weighted by Gasteiger charge is -2.36. The van der Waals surface area contributed by atoms with Crippen LogP contribution in [0.2, 0.25) is 18.1 Å². The molecule has 1 fully saturated rings. The van der Waals surface area contributed by atoms with Gasteiger partial charge in [0.2, 0.25) is 0 Å². The molecule has 1 aromatic carbocycles. The zero-order valence-corrected chi connectivity index (χ0v) is 16.4. The first kappa shape index (κ1) is 18.1. The van der Waals surface area contributed by atoms with Crippen molar-refractivity contribution in [2.75, 3.05) is 6.61 Å². The van der Waals surface area contributed by atoms with Gasteiger partial charge in [0.15, 0.2) is 8.32 Å². The topological polar surface area (TPSA) is 18.5 Å². The largest absolute Gasteiger partial charge is 0.414 e. The molecule has 2 nitrogen and oxygen atoms in total. The maximum Gasteiger partial charge on any atom is 0.192 e. The van der Waals surface area contributed by atoms with Gasteiger partial charge in [0.1, 0.15) is 5.44 Å². The van der Waals surface area contributed by atoms with Gasteiger partial charge >= 0.3 is 0 Å². The van der Waals surface area contributed by atoms with Crippen molar-refractivity contribution in [3.05, 3.63) is 35.9 Å². The van der Waals surface area contributed by atoms with E-state index < -0.39 is 8.32 Å². The van der Waals surface area contributed by atoms with Crippen molar-refractivity contribution < 1.29 is 9.16 Å². The van der Waals surface area contributed by atoms with Gasteiger partial charge in [0.05, 0.1) is 12.7 Å². The molecular weight excluding hydrogens is 308 g/mol. The Morgan fingerprint density at radius 2 is 1.86 bits per heavy atom. The van der Waals surface area contributed by atoms with Gasteiger partial charge in [-0.1, -0.05) is 51.1 Å². The van der Waals surface area contributed by atoms with Crippen molar-refractivity contribution in [1.29, 1.82) is 0 Å². The van der Waals surface area contributed by atoms with E-state index in [0.717, 1.165) is 25.2 Å². The third-order valence-electron chi connectivity index (χ3n) is 4.78. The maximum absolute atomic E-state index is 6.29. The summed E-state index contributed by atoms with van der Waals surface area (Å²) in [6.07, 6.45) is 2.55. The lowest BCUT2D eigenvalue weighted by atomic mass is 10.2. The summed E-state index contributed by atoms with van der Waals surface area (Å²) in [6.45, 7) is 12.2. The quantitative estimate of drug-likeness (QED) is 0.643. The second kappa shape index (κ2) is 7.52. The van der Waals surface area contributed by atoms with Crippen molar-refractivity contribution >= 4 is 20.1 Å². The van der Waals surface area contributed by atoms with Crippen LogP contribution in [-0.4, -0.2) is 26.5 Å². The van der Waals surface area contributed by atoms with Gasteiger partial charge in [0.25, 0.3) is 0 Å². The first-order chi connectivity index (χ1) is 10.3. The molecule has 124 valence electrons. The minimum atomic E-state index is -1.65. The molecule has 1 saturated heterocycles. The highest BCUT2D eigenvalue weighted by Gasteiger charge is 2.38. The molecule has 0 aliphatic carbocycles. The van der Waals surface area contributed by atoms with Gasteiger partial charge in [-0.25, -0.2) is 0 Å². The summed E-state index contributed by atoms with van der Waals surface area (Å²) in [6, 6.07) is 10.6. The van der Waals surface area contributed by atoms with Crippen molar-refractivity contribution in [3.8, 4) is 0 Å². The van der Waals surface area contributed by atoms with E-state index in [-0.39, 0.29) is 11.1 Å². The minimum absolute atomic E-state index is 0.271. The SMILES string of the molecule is CC(C)(C)[Si](C)(C)OC[C@@H]1CC[C@H](SCc2ccccc2)O1. The molecule has 2 rings (SSSR count). The minimum Gasteiger partial charge on any atom is -0.414 e. The van der Waals surface area contributed by atoms with Crippen LogP contribution in [0.25, 0.3) is 0 Å². The number of ether oxygens (including phenoxy) is 1. The van der Waals surface area contributed by atoms with Crippen molar-refractivity contribution in [1.82, 2.24) is 0 Å². The van der Waals surface area contributed by atoms with Gasteiger partial charge in [-0.05, 0) is 36.5 Å². The highest BCUT2D eigenvalue weighted by atomic mass is 32.2. The maximum atomic E-state index is 6.29. The first-order valence-corrected chi connectivity index (χ1v) is 12.2. The second-order valence-corrected chi connectivity index (χ2v) is 13.6. The van der Waals surface area contributed by atoms with Crippen molar-refractivity contribution in [2.45, 2.75) is 69.0 Å². The highest BCUT2D eigenvalue weighted by Crippen LogP contribution is 2.37. The van der Waals surface area contributed by atoms with Crippen molar-refractivity contribution in [3.63, 3.8) is 0 Å². The fourth-order valence-corrected chi connectivity index (χ4v) is 4.34. The molecular formula is C18H30O2SSi. The summed E-state index contributed by atoms with van der Waals surface area (Å²) in [7, 11) is -1.65. The molecule has 1 aromatic rings. The number of hydrogen-bond donors (Lipinski definition) is 0. The number of hydrogen-bond acceptors (Lipinski definition) is 3. The Morgan fingerprint density at radius 1 is 1.18 bits per heavy atom. The summed E-state index contributed by atoms with van der Waals surface area (Å²) in [5.74, 6) is 1.03. The van der Waals surface area contributed by atoms with Gasteiger partial charge in [-0.3, -0.25) is 0 Å². The molecule has 0 saturated carbocycles. The number of rotatable bonds is 6. The van der Waals surface area contributed by atoms with Crippen molar-refractivity contribution in [2.24, 2.45) is 0 Å². The fraction of sp³-hybridized carbons (Fsp3) is 0.667. The third kappa shape index (κ3) is 5.12. The van der Waals surface area contributed by atoms with Crippen LogP contribution >= 0.6 is 11.8 Å². The molecule has 0 unspecified atom stereocenters. The molecule has 0 N–H and O–H groups in total. The molecule has 0 spiro atoms. The molecule has 1 aliphatic heterocycles. The molecule has 4 heteroatoms. The molecule has 2 atom stereocenters. The Bertz CT molecular complexity index is 456. The zero-order chi connectivity index (χ0) is 16.2. The second-order valence-electron chi connectivity index (χ2n) is 7.63. The Morgan fingerprint density at radius 3 is 2.50 bits per heavy atom. The van der Waals surface area contributed by atoms with E-state index >= 15 is 0 Å². The van der Waals surface area contributed by atoms with E-state index in [0.29, 0.717) is 5.44 Å². The molecule has 1 heterocycles. The molecule has 0 radical (unpaired) electrons. The lowest BCUT2D eigenvalue weighted by Crippen LogP contribution is -2.42. The smallest absolute Gasteiger partial charge is 0.192 e. The Labute approximate surface area is 141 Å². The summed E-state index contributed by atoms with van der Waals surface area (Å²) >= 11 is 1.91. The number of benzene rings is 1. The van der Waals surface area contributed by atoms with E-state index in [1.807, 2.05) is 11.8 Å². The molecule has 1 aliphatic rings. The van der Waals surface area contributed by atoms with Crippen LogP contribution in [0.1, 0.15) is 39.2 Å². The van der Waals surface area contributed by atoms with Gasteiger partial charge in [0, 0.05) is 5.75 Å². The predicted molar refractivity (Wildman–Crippen MR) is 98.8 cm³/mol. The van der Waals surface area contributed by atoms with E-state index in [9.17, 15) is 0 Å². The average molecular weight is 339 g/mol.